The summed E-state index contributed by atoms with van der Waals surface area (Å²) in [5.74, 6) is 0.214. The maximum atomic E-state index is 8.51. The summed E-state index contributed by atoms with van der Waals surface area (Å²) in [5.41, 5.74) is 2.65. The van der Waals surface area contributed by atoms with Crippen molar-refractivity contribution in [2.24, 2.45) is 0 Å². The van der Waals surface area contributed by atoms with Crippen molar-refractivity contribution in [3.05, 3.63) is 21.9 Å². The number of hydrogen-bond donors (Lipinski definition) is 0. The van der Waals surface area contributed by atoms with Gasteiger partial charge in [-0.2, -0.15) is 16.6 Å². The average Bonchev–Trinajstić information content (AvgIpc) is 2.14. The second-order valence-corrected chi connectivity index (χ2v) is 2.98. The highest BCUT2D eigenvalue weighted by atomic mass is 32.1. The molecule has 0 saturated heterocycles. The van der Waals surface area contributed by atoms with Gasteiger partial charge in [-0.05, 0) is 28.3 Å². The Bertz CT molecular complexity index is 269. The van der Waals surface area contributed by atoms with Crippen LogP contribution in [0.2, 0.25) is 0 Å². The van der Waals surface area contributed by atoms with Crippen molar-refractivity contribution >= 4 is 11.3 Å². The zero-order chi connectivity index (χ0) is 6.27. The van der Waals surface area contributed by atoms with Crippen molar-refractivity contribution in [2.45, 2.75) is 12.3 Å². The molecule has 2 heteroatoms. The summed E-state index contributed by atoms with van der Waals surface area (Å²) < 4.78 is 0. The molecule has 1 heterocycles. The second-order valence-electron chi connectivity index (χ2n) is 2.24. The molecule has 1 aromatic rings. The fourth-order valence-corrected chi connectivity index (χ4v) is 2.05. The molecule has 1 aromatic heterocycles. The molecule has 0 spiro atoms. The van der Waals surface area contributed by atoms with Crippen LogP contribution in [0, 0.1) is 11.3 Å². The summed E-state index contributed by atoms with van der Waals surface area (Å²) in [7, 11) is 0. The molecule has 1 aliphatic carbocycles. The first-order chi connectivity index (χ1) is 4.42. The highest BCUT2D eigenvalue weighted by Gasteiger charge is 2.25. The van der Waals surface area contributed by atoms with Gasteiger partial charge in [-0.25, -0.2) is 0 Å². The van der Waals surface area contributed by atoms with Crippen molar-refractivity contribution in [3.63, 3.8) is 0 Å². The van der Waals surface area contributed by atoms with Crippen LogP contribution in [-0.2, 0) is 6.42 Å². The van der Waals surface area contributed by atoms with Gasteiger partial charge in [0.05, 0.1) is 12.0 Å². The monoisotopic (exact) mass is 135 g/mol. The highest BCUT2D eigenvalue weighted by Crippen LogP contribution is 2.36. The third kappa shape index (κ3) is 0.526. The minimum atomic E-state index is 0.214. The van der Waals surface area contributed by atoms with Crippen LogP contribution in [0.1, 0.15) is 17.0 Å². The fraction of sp³-hybridized carbons (Fsp3) is 0.286. The molecule has 0 bridgehead atoms. The van der Waals surface area contributed by atoms with Gasteiger partial charge in [-0.1, -0.05) is 0 Å². The number of thiophene rings is 1. The van der Waals surface area contributed by atoms with Gasteiger partial charge in [-0.15, -0.1) is 0 Å². The van der Waals surface area contributed by atoms with E-state index in [4.69, 9.17) is 5.26 Å². The number of fused-ring (bicyclic) bond motifs is 1. The first kappa shape index (κ1) is 5.01. The summed E-state index contributed by atoms with van der Waals surface area (Å²) in [6, 6.07) is 2.25. The lowest BCUT2D eigenvalue weighted by atomic mass is 9.82. The van der Waals surface area contributed by atoms with Crippen LogP contribution in [0.3, 0.4) is 0 Å². The van der Waals surface area contributed by atoms with Crippen molar-refractivity contribution in [1.82, 2.24) is 0 Å². The molecule has 1 nitrogen and oxygen atoms in total. The second kappa shape index (κ2) is 1.58. The molecule has 9 heavy (non-hydrogen) atoms. The number of nitriles is 1. The summed E-state index contributed by atoms with van der Waals surface area (Å²) in [6.07, 6.45) is 0.981. The quantitative estimate of drug-likeness (QED) is 0.533. The lowest BCUT2D eigenvalue weighted by Gasteiger charge is -2.18. The minimum absolute atomic E-state index is 0.214. The molecular weight excluding hydrogens is 130 g/mol. The van der Waals surface area contributed by atoms with Gasteiger partial charge < -0.3 is 0 Å². The van der Waals surface area contributed by atoms with Crippen molar-refractivity contribution in [3.8, 4) is 6.07 Å². The Balaban J connectivity index is 2.44. The van der Waals surface area contributed by atoms with E-state index in [9.17, 15) is 0 Å². The Morgan fingerprint density at radius 2 is 2.56 bits per heavy atom. The van der Waals surface area contributed by atoms with Crippen molar-refractivity contribution in [2.75, 3.05) is 0 Å². The van der Waals surface area contributed by atoms with Gasteiger partial charge in [-0.3, -0.25) is 0 Å². The SMILES string of the molecule is N#CC1Cc2cscc21. The van der Waals surface area contributed by atoms with Gasteiger partial charge in [0.1, 0.15) is 0 Å². The number of rotatable bonds is 0. The molecule has 0 fully saturated rings. The maximum absolute atomic E-state index is 8.51. The van der Waals surface area contributed by atoms with E-state index in [2.05, 4.69) is 16.8 Å². The lowest BCUT2D eigenvalue weighted by molar-refractivity contribution is 0.755. The molecule has 0 aromatic carbocycles. The van der Waals surface area contributed by atoms with Crippen molar-refractivity contribution in [1.29, 1.82) is 5.26 Å². The van der Waals surface area contributed by atoms with Crippen LogP contribution in [0.15, 0.2) is 10.8 Å². The Morgan fingerprint density at radius 1 is 1.67 bits per heavy atom. The molecule has 0 radical (unpaired) electrons. The standard InChI is InChI=1S/C7H5NS/c8-2-5-1-6-3-9-4-7(5)6/h3-5H,1H2. The molecule has 1 atom stereocenters. The Labute approximate surface area is 57.6 Å². The average molecular weight is 135 g/mol. The van der Waals surface area contributed by atoms with E-state index in [1.165, 1.54) is 11.1 Å². The summed E-state index contributed by atoms with van der Waals surface area (Å²) in [6.45, 7) is 0. The predicted molar refractivity (Wildman–Crippen MR) is 36.4 cm³/mol. The van der Waals surface area contributed by atoms with E-state index in [1.54, 1.807) is 11.3 Å². The van der Waals surface area contributed by atoms with E-state index in [0.717, 1.165) is 6.42 Å². The van der Waals surface area contributed by atoms with E-state index in [0.29, 0.717) is 0 Å². The molecule has 44 valence electrons. The Hall–Kier alpha value is -0.810. The van der Waals surface area contributed by atoms with Crippen LogP contribution < -0.4 is 0 Å². The largest absolute Gasteiger partial charge is 0.198 e. The lowest BCUT2D eigenvalue weighted by Crippen LogP contribution is -2.11. The van der Waals surface area contributed by atoms with Gasteiger partial charge >= 0.3 is 0 Å². The molecule has 0 N–H and O–H groups in total. The molecule has 1 aliphatic rings. The van der Waals surface area contributed by atoms with E-state index in [-0.39, 0.29) is 5.92 Å². The van der Waals surface area contributed by atoms with Crippen LogP contribution in [0.25, 0.3) is 0 Å². The zero-order valence-corrected chi connectivity index (χ0v) is 5.61. The third-order valence-corrected chi connectivity index (χ3v) is 2.54. The third-order valence-electron chi connectivity index (χ3n) is 1.73. The van der Waals surface area contributed by atoms with E-state index >= 15 is 0 Å². The first-order valence-corrected chi connectivity index (χ1v) is 3.80. The summed E-state index contributed by atoms with van der Waals surface area (Å²) in [5, 5.41) is 12.7. The molecule has 0 aliphatic heterocycles. The summed E-state index contributed by atoms with van der Waals surface area (Å²) >= 11 is 1.70. The first-order valence-electron chi connectivity index (χ1n) is 2.86. The van der Waals surface area contributed by atoms with Crippen molar-refractivity contribution < 1.29 is 0 Å². The molecule has 1 unspecified atom stereocenters. The summed E-state index contributed by atoms with van der Waals surface area (Å²) in [4.78, 5) is 0. The van der Waals surface area contributed by atoms with E-state index < -0.39 is 0 Å². The highest BCUT2D eigenvalue weighted by molar-refractivity contribution is 7.08. The molecule has 0 amide bonds. The van der Waals surface area contributed by atoms with Gasteiger partial charge in [0, 0.05) is 0 Å². The Morgan fingerprint density at radius 3 is 3.22 bits per heavy atom. The zero-order valence-electron chi connectivity index (χ0n) is 4.79. The van der Waals surface area contributed by atoms with Gasteiger partial charge in [0.2, 0.25) is 0 Å². The molecule has 2 rings (SSSR count). The minimum Gasteiger partial charge on any atom is -0.198 e. The van der Waals surface area contributed by atoms with Crippen LogP contribution in [0.5, 0.6) is 0 Å². The number of nitrogens with zero attached hydrogens (tertiary/aromatic N) is 1. The van der Waals surface area contributed by atoms with Crippen LogP contribution >= 0.6 is 11.3 Å². The fourth-order valence-electron chi connectivity index (χ4n) is 1.12. The maximum Gasteiger partial charge on any atom is 0.0764 e. The topological polar surface area (TPSA) is 23.8 Å². The number of hydrogen-bond acceptors (Lipinski definition) is 2. The Kier molecular flexibility index (Phi) is 0.882. The van der Waals surface area contributed by atoms with Crippen LogP contribution in [0.4, 0.5) is 0 Å². The molecular formula is C7H5NS. The molecule has 0 saturated carbocycles. The van der Waals surface area contributed by atoms with E-state index in [1.807, 2.05) is 0 Å². The normalized spacial score (nSPS) is 21.9. The van der Waals surface area contributed by atoms with Gasteiger partial charge in [0.15, 0.2) is 0 Å². The predicted octanol–water partition coefficient (Wildman–Crippen LogP) is 1.91. The smallest absolute Gasteiger partial charge is 0.0764 e. The van der Waals surface area contributed by atoms with Gasteiger partial charge in [0.25, 0.3) is 0 Å². The van der Waals surface area contributed by atoms with Crippen LogP contribution in [-0.4, -0.2) is 0 Å².